The van der Waals surface area contributed by atoms with Gasteiger partial charge in [-0.3, -0.25) is 9.69 Å². The van der Waals surface area contributed by atoms with Gasteiger partial charge in [0.15, 0.2) is 0 Å². The Kier molecular flexibility index (Phi) is 76.0. The van der Waals surface area contributed by atoms with E-state index in [0.717, 1.165) is 0 Å². The smallest absolute Gasteiger partial charge is 0.305 e. The first kappa shape index (κ1) is 82.4. The summed E-state index contributed by atoms with van der Waals surface area (Å²) in [6.07, 6.45) is -0.0160. The average molecular weight is 1230 g/mol. The molecule has 29 heteroatoms. The lowest BCUT2D eigenvalue weighted by Gasteiger charge is -2.22. The van der Waals surface area contributed by atoms with Gasteiger partial charge in [-0.25, -0.2) is 0 Å². The second-order valence-corrected chi connectivity index (χ2v) is 17.3. The minimum absolute atomic E-state index is 0.0160. The summed E-state index contributed by atoms with van der Waals surface area (Å²) in [5.41, 5.74) is 10.7. The van der Waals surface area contributed by atoms with Gasteiger partial charge >= 0.3 is 5.97 Å². The van der Waals surface area contributed by atoms with Gasteiger partial charge in [-0.1, -0.05) is 0 Å². The molecule has 0 aliphatic carbocycles. The maximum absolute atomic E-state index is 10.4. The fourth-order valence-corrected chi connectivity index (χ4v) is 6.17. The van der Waals surface area contributed by atoms with Crippen molar-refractivity contribution in [3.63, 3.8) is 0 Å². The van der Waals surface area contributed by atoms with Crippen molar-refractivity contribution in [1.29, 1.82) is 0 Å². The summed E-state index contributed by atoms with van der Waals surface area (Å²) >= 11 is 0. The molecule has 0 bridgehead atoms. The summed E-state index contributed by atoms with van der Waals surface area (Å²) in [4.78, 5) is 12.7. The third-order valence-electron chi connectivity index (χ3n) is 10.5. The highest BCUT2D eigenvalue weighted by atomic mass is 16.6. The normalized spacial score (nSPS) is 11.8. The van der Waals surface area contributed by atoms with Gasteiger partial charge in [0.1, 0.15) is 0 Å². The summed E-state index contributed by atoms with van der Waals surface area (Å²) in [6, 6.07) is 0. The lowest BCUT2D eigenvalue weighted by molar-refractivity contribution is -0.138. The third kappa shape index (κ3) is 76.5. The largest absolute Gasteiger partial charge is 0.481 e. The zero-order valence-electron chi connectivity index (χ0n) is 50.9. The van der Waals surface area contributed by atoms with Gasteiger partial charge in [0.2, 0.25) is 0 Å². The van der Waals surface area contributed by atoms with Crippen molar-refractivity contribution in [1.82, 2.24) is 4.90 Å². The number of aliphatic carboxylic acids is 1. The van der Waals surface area contributed by atoms with E-state index in [1.165, 1.54) is 0 Å². The molecule has 0 unspecified atom stereocenters. The first-order valence-corrected chi connectivity index (χ1v) is 29.9. The molecule has 0 aromatic heterocycles. The molecule has 0 atom stereocenters. The predicted octanol–water partition coefficient (Wildman–Crippen LogP) is -0.921. The van der Waals surface area contributed by atoms with Crippen LogP contribution in [-0.2, 0) is 118 Å². The monoisotopic (exact) mass is 1230 g/mol. The quantitative estimate of drug-likeness (QED) is 0.0620. The van der Waals surface area contributed by atoms with Gasteiger partial charge in [-0.2, -0.15) is 0 Å². The molecule has 0 aliphatic heterocycles. The first-order chi connectivity index (χ1) is 41.7. The van der Waals surface area contributed by atoms with Gasteiger partial charge in [-0.15, -0.1) is 0 Å². The first-order valence-electron chi connectivity index (χ1n) is 29.9. The summed E-state index contributed by atoms with van der Waals surface area (Å²) in [7, 11) is 0. The van der Waals surface area contributed by atoms with E-state index in [1.807, 2.05) is 0 Å². The lowest BCUT2D eigenvalue weighted by Crippen LogP contribution is -2.34. The molecule has 84 heavy (non-hydrogen) atoms. The van der Waals surface area contributed by atoms with E-state index in [0.29, 0.717) is 343 Å². The molecular weight excluding hydrogens is 1120 g/mol. The minimum Gasteiger partial charge on any atom is -0.481 e. The topological polar surface area (TPSA) is 314 Å². The molecule has 0 aliphatic rings. The molecule has 0 saturated heterocycles. The van der Waals surface area contributed by atoms with Crippen LogP contribution < -0.4 is 11.5 Å². The number of carboxylic acid groups (broad SMARTS) is 1. The predicted molar refractivity (Wildman–Crippen MR) is 306 cm³/mol. The van der Waals surface area contributed by atoms with Crippen LogP contribution in [0.1, 0.15) is 6.42 Å². The summed E-state index contributed by atoms with van der Waals surface area (Å²) in [6.45, 7) is 25.9. The van der Waals surface area contributed by atoms with Crippen LogP contribution in [0, 0.1) is 0 Å². The zero-order chi connectivity index (χ0) is 60.3. The van der Waals surface area contributed by atoms with E-state index in [-0.39, 0.29) is 13.0 Å². The molecule has 0 aromatic carbocycles. The molecule has 5 N–H and O–H groups in total. The van der Waals surface area contributed by atoms with Gasteiger partial charge in [-0.05, 0) is 0 Å². The van der Waals surface area contributed by atoms with E-state index >= 15 is 0 Å². The Morgan fingerprint density at radius 2 is 0.321 bits per heavy atom. The zero-order valence-corrected chi connectivity index (χ0v) is 50.9. The standard InChI is InChI=1S/C55H113N3O26/c56-2-8-62-14-20-68-26-32-74-38-44-80-50-53-83-47-41-77-35-29-71-23-17-65-11-5-58(6-12-66-18-24-72-30-36-78-42-48-84-54-51-81-45-39-75-33-27-69-21-15-63-9-3-57)4-10-64-16-22-70-28-34-76-40-46-82-52-49-79-43-37-73-31-25-67-19-13-61-7-1-55(59)60/h1-54,56-57H2,(H,59,60). The molecule has 0 fully saturated rings. The van der Waals surface area contributed by atoms with Crippen molar-refractivity contribution in [2.45, 2.75) is 6.42 Å². The fraction of sp³-hybridized carbons (Fsp3) is 0.982. The molecule has 0 saturated carbocycles. The molecule has 29 nitrogen and oxygen atoms in total. The van der Waals surface area contributed by atoms with Crippen LogP contribution in [0.2, 0.25) is 0 Å². The van der Waals surface area contributed by atoms with Gasteiger partial charge < -0.3 is 130 Å². The number of hydrogen-bond donors (Lipinski definition) is 3. The van der Waals surface area contributed by atoms with Crippen LogP contribution in [0.4, 0.5) is 0 Å². The number of nitrogens with zero attached hydrogens (tertiary/aromatic N) is 1. The second kappa shape index (κ2) is 77.5. The van der Waals surface area contributed by atoms with Gasteiger partial charge in [0, 0.05) is 32.7 Å². The Hall–Kier alpha value is -1.61. The number of ether oxygens (including phenoxy) is 24. The molecule has 0 spiro atoms. The van der Waals surface area contributed by atoms with E-state index in [2.05, 4.69) is 4.90 Å². The number of hydrogen-bond acceptors (Lipinski definition) is 28. The van der Waals surface area contributed by atoms with E-state index < -0.39 is 5.97 Å². The van der Waals surface area contributed by atoms with Crippen LogP contribution in [0.25, 0.3) is 0 Å². The van der Waals surface area contributed by atoms with Crippen LogP contribution in [0.3, 0.4) is 0 Å². The molecule has 0 aromatic rings. The molecule has 0 radical (unpaired) electrons. The average Bonchev–Trinajstić information content (AvgIpc) is 3.49. The Bertz CT molecular complexity index is 1160. The maximum Gasteiger partial charge on any atom is 0.305 e. The molecule has 0 amide bonds. The number of rotatable bonds is 79. The van der Waals surface area contributed by atoms with E-state index in [1.54, 1.807) is 0 Å². The second-order valence-electron chi connectivity index (χ2n) is 17.3. The Balaban J connectivity index is 4.00. The van der Waals surface area contributed by atoms with E-state index in [4.69, 9.17) is 130 Å². The Morgan fingerprint density at radius 1 is 0.202 bits per heavy atom. The number of carboxylic acids is 1. The Morgan fingerprint density at radius 3 is 0.452 bits per heavy atom. The summed E-state index contributed by atoms with van der Waals surface area (Å²) in [5, 5.41) is 8.56. The van der Waals surface area contributed by atoms with Gasteiger partial charge in [0.25, 0.3) is 0 Å². The number of nitrogens with two attached hydrogens (primary N) is 2. The lowest BCUT2D eigenvalue weighted by atomic mass is 10.4. The van der Waals surface area contributed by atoms with Crippen LogP contribution in [0.5, 0.6) is 0 Å². The van der Waals surface area contributed by atoms with Crippen molar-refractivity contribution in [2.24, 2.45) is 11.5 Å². The number of carbonyl (C=O) groups is 1. The highest BCUT2D eigenvalue weighted by Crippen LogP contribution is 1.95. The van der Waals surface area contributed by atoms with Crippen LogP contribution >= 0.6 is 0 Å². The SMILES string of the molecule is NCCOCCOCCOCCOCCOCCOCCOCCOCCN(CCOCCOCCOCCOCCOCCOCCOCCOCCN)CCOCCOCCOCCOCCOCCOCCOCCOCCC(=O)O. The highest BCUT2D eigenvalue weighted by molar-refractivity contribution is 5.66. The third-order valence-corrected chi connectivity index (χ3v) is 10.5. The highest BCUT2D eigenvalue weighted by Gasteiger charge is 2.07. The molecular formula is C55H113N3O26. The van der Waals surface area contributed by atoms with E-state index in [9.17, 15) is 4.79 Å². The molecule has 0 heterocycles. The van der Waals surface area contributed by atoms with Crippen molar-refractivity contribution in [3.05, 3.63) is 0 Å². The van der Waals surface area contributed by atoms with Crippen molar-refractivity contribution >= 4 is 5.97 Å². The van der Waals surface area contributed by atoms with Crippen molar-refractivity contribution in [3.8, 4) is 0 Å². The maximum atomic E-state index is 10.4. The Labute approximate surface area is 501 Å². The summed E-state index contributed by atoms with van der Waals surface area (Å²) < 4.78 is 133. The summed E-state index contributed by atoms with van der Waals surface area (Å²) in [5.74, 6) is -0.884. The van der Waals surface area contributed by atoms with Crippen molar-refractivity contribution in [2.75, 3.05) is 350 Å². The van der Waals surface area contributed by atoms with Crippen LogP contribution in [-0.4, -0.2) is 366 Å². The van der Waals surface area contributed by atoms with Gasteiger partial charge in [0.05, 0.1) is 324 Å². The van der Waals surface area contributed by atoms with Crippen LogP contribution in [0.15, 0.2) is 0 Å². The minimum atomic E-state index is -0.884. The molecule has 504 valence electrons. The van der Waals surface area contributed by atoms with Crippen molar-refractivity contribution < 1.29 is 124 Å². The molecule has 0 rings (SSSR count). The fourth-order valence-electron chi connectivity index (χ4n) is 6.17.